The van der Waals surface area contributed by atoms with E-state index in [1.807, 2.05) is 0 Å². The number of benzene rings is 1. The Morgan fingerprint density at radius 1 is 1.52 bits per heavy atom. The molecule has 1 aromatic rings. The van der Waals surface area contributed by atoms with Gasteiger partial charge in [0.05, 0.1) is 23.5 Å². The zero-order valence-corrected chi connectivity index (χ0v) is 12.1. The lowest BCUT2D eigenvalue weighted by molar-refractivity contribution is -0.385. The Labute approximate surface area is 122 Å². The molecule has 0 aliphatic carbocycles. The molecule has 1 saturated heterocycles. The predicted octanol–water partition coefficient (Wildman–Crippen LogP) is 0.549. The molecule has 2 atom stereocenters. The topological polar surface area (TPSA) is 93.5 Å². The van der Waals surface area contributed by atoms with Gasteiger partial charge in [-0.1, -0.05) is 12.1 Å². The van der Waals surface area contributed by atoms with Crippen LogP contribution in [0.2, 0.25) is 0 Å². The molecule has 1 aliphatic heterocycles. The van der Waals surface area contributed by atoms with E-state index in [1.165, 1.54) is 6.07 Å². The van der Waals surface area contributed by atoms with E-state index in [4.69, 9.17) is 4.74 Å². The summed E-state index contributed by atoms with van der Waals surface area (Å²) >= 11 is 0. The van der Waals surface area contributed by atoms with Gasteiger partial charge in [-0.3, -0.25) is 14.9 Å². The summed E-state index contributed by atoms with van der Waals surface area (Å²) in [5, 5.41) is 17.0. The summed E-state index contributed by atoms with van der Waals surface area (Å²) < 4.78 is 5.28. The van der Waals surface area contributed by atoms with E-state index in [0.717, 1.165) is 0 Å². The smallest absolute Gasteiger partial charge is 0.272 e. The molecule has 7 heteroatoms. The SMILES string of the molecule is CO[C@H]1CNCC1NC(=O)Cc1cccc([N+](=O)[O-])c1C. The molecule has 1 amide bonds. The second-order valence-electron chi connectivity index (χ2n) is 5.10. The van der Waals surface area contributed by atoms with E-state index in [1.54, 1.807) is 26.2 Å². The zero-order chi connectivity index (χ0) is 15.4. The highest BCUT2D eigenvalue weighted by atomic mass is 16.6. The lowest BCUT2D eigenvalue weighted by atomic mass is 10.0. The quantitative estimate of drug-likeness (QED) is 0.611. The molecular formula is C14H19N3O4. The summed E-state index contributed by atoms with van der Waals surface area (Å²) in [5.74, 6) is -0.158. The van der Waals surface area contributed by atoms with Gasteiger partial charge < -0.3 is 15.4 Å². The van der Waals surface area contributed by atoms with E-state index in [2.05, 4.69) is 10.6 Å². The monoisotopic (exact) mass is 293 g/mol. The third-order valence-electron chi connectivity index (χ3n) is 3.77. The third-order valence-corrected chi connectivity index (χ3v) is 3.77. The largest absolute Gasteiger partial charge is 0.378 e. The summed E-state index contributed by atoms with van der Waals surface area (Å²) in [7, 11) is 1.61. The van der Waals surface area contributed by atoms with Crippen molar-refractivity contribution >= 4 is 11.6 Å². The maximum atomic E-state index is 12.1. The van der Waals surface area contributed by atoms with Crippen LogP contribution >= 0.6 is 0 Å². The summed E-state index contributed by atoms with van der Waals surface area (Å²) in [4.78, 5) is 22.6. The molecule has 0 aromatic heterocycles. The second-order valence-corrected chi connectivity index (χ2v) is 5.10. The Balaban J connectivity index is 2.03. The Kier molecular flexibility index (Phi) is 4.87. The number of nitrogens with one attached hydrogen (secondary N) is 2. The maximum Gasteiger partial charge on any atom is 0.272 e. The van der Waals surface area contributed by atoms with Crippen LogP contribution in [0.25, 0.3) is 0 Å². The number of nitro benzene ring substituents is 1. The number of hydrogen-bond acceptors (Lipinski definition) is 5. The predicted molar refractivity (Wildman–Crippen MR) is 77.1 cm³/mol. The highest BCUT2D eigenvalue weighted by molar-refractivity contribution is 5.79. The molecule has 7 nitrogen and oxygen atoms in total. The fourth-order valence-corrected chi connectivity index (χ4v) is 2.54. The highest BCUT2D eigenvalue weighted by Gasteiger charge is 2.28. The van der Waals surface area contributed by atoms with Crippen LogP contribution in [0.15, 0.2) is 18.2 Å². The first-order valence-electron chi connectivity index (χ1n) is 6.78. The number of methoxy groups -OCH3 is 1. The van der Waals surface area contributed by atoms with E-state index >= 15 is 0 Å². The van der Waals surface area contributed by atoms with Crippen molar-refractivity contribution in [3.63, 3.8) is 0 Å². The third kappa shape index (κ3) is 3.56. The Morgan fingerprint density at radius 3 is 2.95 bits per heavy atom. The Morgan fingerprint density at radius 2 is 2.29 bits per heavy atom. The molecule has 1 heterocycles. The minimum atomic E-state index is -0.432. The van der Waals surface area contributed by atoms with Crippen LogP contribution < -0.4 is 10.6 Å². The van der Waals surface area contributed by atoms with Gasteiger partial charge in [-0.15, -0.1) is 0 Å². The first kappa shape index (κ1) is 15.4. The van der Waals surface area contributed by atoms with E-state index in [9.17, 15) is 14.9 Å². The number of rotatable bonds is 5. The van der Waals surface area contributed by atoms with Crippen LogP contribution in [0.5, 0.6) is 0 Å². The first-order chi connectivity index (χ1) is 10.0. The van der Waals surface area contributed by atoms with Crippen molar-refractivity contribution in [3.05, 3.63) is 39.4 Å². The molecule has 114 valence electrons. The molecular weight excluding hydrogens is 274 g/mol. The van der Waals surface area contributed by atoms with Crippen LogP contribution in [0.1, 0.15) is 11.1 Å². The molecule has 21 heavy (non-hydrogen) atoms. The average Bonchev–Trinajstić information content (AvgIpc) is 2.87. The van der Waals surface area contributed by atoms with Gasteiger partial charge in [0.15, 0.2) is 0 Å². The Hall–Kier alpha value is -1.99. The summed E-state index contributed by atoms with van der Waals surface area (Å²) in [6, 6.07) is 4.71. The van der Waals surface area contributed by atoms with Crippen LogP contribution in [-0.2, 0) is 16.0 Å². The van der Waals surface area contributed by atoms with Crippen LogP contribution in [0, 0.1) is 17.0 Å². The van der Waals surface area contributed by atoms with E-state index in [-0.39, 0.29) is 30.2 Å². The fourth-order valence-electron chi connectivity index (χ4n) is 2.54. The molecule has 0 saturated carbocycles. The fraction of sp³-hybridized carbons (Fsp3) is 0.500. The summed E-state index contributed by atoms with van der Waals surface area (Å²) in [5.41, 5.74) is 1.24. The van der Waals surface area contributed by atoms with Crippen molar-refractivity contribution in [2.24, 2.45) is 0 Å². The van der Waals surface area contributed by atoms with Gasteiger partial charge in [-0.25, -0.2) is 0 Å². The summed E-state index contributed by atoms with van der Waals surface area (Å²) in [6.45, 7) is 3.03. The van der Waals surface area contributed by atoms with Gasteiger partial charge in [0.1, 0.15) is 0 Å². The number of amides is 1. The van der Waals surface area contributed by atoms with Gasteiger partial charge in [0.25, 0.3) is 5.69 Å². The minimum Gasteiger partial charge on any atom is -0.378 e. The standard InChI is InChI=1S/C14H19N3O4/c1-9-10(4-3-5-12(9)17(19)20)6-14(18)16-11-7-15-8-13(11)21-2/h3-5,11,13,15H,6-8H2,1-2H3,(H,16,18)/t11?,13-/m0/s1. The number of ether oxygens (including phenoxy) is 1. The minimum absolute atomic E-state index is 0.0394. The molecule has 0 bridgehead atoms. The normalized spacial score (nSPS) is 21.2. The molecule has 2 N–H and O–H groups in total. The molecule has 0 spiro atoms. The van der Waals surface area contributed by atoms with E-state index < -0.39 is 4.92 Å². The molecule has 1 fully saturated rings. The second kappa shape index (κ2) is 6.64. The molecule has 1 aromatic carbocycles. The number of hydrogen-bond donors (Lipinski definition) is 2. The average molecular weight is 293 g/mol. The molecule has 1 aliphatic rings. The maximum absolute atomic E-state index is 12.1. The Bertz CT molecular complexity index is 547. The van der Waals surface area contributed by atoms with Crippen LogP contribution in [-0.4, -0.2) is 43.2 Å². The van der Waals surface area contributed by atoms with Crippen molar-refractivity contribution in [2.75, 3.05) is 20.2 Å². The number of carbonyl (C=O) groups is 1. The van der Waals surface area contributed by atoms with Gasteiger partial charge in [-0.05, 0) is 12.5 Å². The van der Waals surface area contributed by atoms with Crippen molar-refractivity contribution < 1.29 is 14.5 Å². The molecule has 0 radical (unpaired) electrons. The molecule has 1 unspecified atom stereocenters. The summed E-state index contributed by atoms with van der Waals surface area (Å²) in [6.07, 6.45) is 0.0839. The van der Waals surface area contributed by atoms with Gasteiger partial charge >= 0.3 is 0 Å². The highest BCUT2D eigenvalue weighted by Crippen LogP contribution is 2.21. The zero-order valence-electron chi connectivity index (χ0n) is 12.1. The van der Waals surface area contributed by atoms with Crippen molar-refractivity contribution in [1.29, 1.82) is 0 Å². The first-order valence-corrected chi connectivity index (χ1v) is 6.78. The van der Waals surface area contributed by atoms with Gasteiger partial charge in [-0.2, -0.15) is 0 Å². The van der Waals surface area contributed by atoms with Gasteiger partial charge in [0.2, 0.25) is 5.91 Å². The van der Waals surface area contributed by atoms with Gasteiger partial charge in [0, 0.05) is 31.8 Å². The lowest BCUT2D eigenvalue weighted by Crippen LogP contribution is -2.44. The van der Waals surface area contributed by atoms with Crippen molar-refractivity contribution in [2.45, 2.75) is 25.5 Å². The van der Waals surface area contributed by atoms with Crippen LogP contribution in [0.4, 0.5) is 5.69 Å². The number of nitro groups is 1. The van der Waals surface area contributed by atoms with Crippen molar-refractivity contribution in [1.82, 2.24) is 10.6 Å². The lowest BCUT2D eigenvalue weighted by Gasteiger charge is -2.18. The molecule has 2 rings (SSSR count). The van der Waals surface area contributed by atoms with E-state index in [0.29, 0.717) is 24.2 Å². The number of carbonyl (C=O) groups excluding carboxylic acids is 1. The number of nitrogens with zero attached hydrogens (tertiary/aromatic N) is 1. The van der Waals surface area contributed by atoms with Crippen molar-refractivity contribution in [3.8, 4) is 0 Å². The van der Waals surface area contributed by atoms with Crippen LogP contribution in [0.3, 0.4) is 0 Å².